The highest BCUT2D eigenvalue weighted by Crippen LogP contribution is 2.36. The van der Waals surface area contributed by atoms with Crippen LogP contribution in [0.15, 0.2) is 16.7 Å². The van der Waals surface area contributed by atoms with Crippen LogP contribution in [0.5, 0.6) is 0 Å². The zero-order valence-corrected chi connectivity index (χ0v) is 11.4. The van der Waals surface area contributed by atoms with Crippen LogP contribution in [0.3, 0.4) is 0 Å². The van der Waals surface area contributed by atoms with Crippen LogP contribution in [0.25, 0.3) is 0 Å². The van der Waals surface area contributed by atoms with Crippen LogP contribution in [0.4, 0.5) is 19.0 Å². The first-order valence-corrected chi connectivity index (χ1v) is 6.31. The fourth-order valence-corrected chi connectivity index (χ4v) is 2.46. The fourth-order valence-electron chi connectivity index (χ4n) is 1.70. The minimum Gasteiger partial charge on any atom is -0.296 e. The van der Waals surface area contributed by atoms with Gasteiger partial charge in [-0.1, -0.05) is 0 Å². The highest BCUT2D eigenvalue weighted by atomic mass is 79.9. The summed E-state index contributed by atoms with van der Waals surface area (Å²) >= 11 is 6.94. The van der Waals surface area contributed by atoms with Gasteiger partial charge in [0, 0.05) is 28.9 Å². The zero-order valence-electron chi connectivity index (χ0n) is 8.91. The zero-order chi connectivity index (χ0) is 13.5. The SMILES string of the molecule is O=C1CC(S)CN1c1cc(C(F)(F)F)c(Br)cn1. The molecule has 1 amide bonds. The molecule has 18 heavy (non-hydrogen) atoms. The van der Waals surface area contributed by atoms with Gasteiger partial charge in [0.05, 0.1) is 5.56 Å². The van der Waals surface area contributed by atoms with E-state index in [0.717, 1.165) is 12.3 Å². The number of pyridine rings is 1. The van der Waals surface area contributed by atoms with E-state index >= 15 is 0 Å². The van der Waals surface area contributed by atoms with Crippen LogP contribution in [0, 0.1) is 0 Å². The van der Waals surface area contributed by atoms with Gasteiger partial charge >= 0.3 is 6.18 Å². The number of anilines is 1. The van der Waals surface area contributed by atoms with Crippen molar-refractivity contribution in [3.63, 3.8) is 0 Å². The largest absolute Gasteiger partial charge is 0.417 e. The molecular formula is C10H8BrF3N2OS. The molecule has 1 aromatic rings. The van der Waals surface area contributed by atoms with Crippen molar-refractivity contribution in [2.24, 2.45) is 0 Å². The summed E-state index contributed by atoms with van der Waals surface area (Å²) in [5.74, 6) is -0.259. The van der Waals surface area contributed by atoms with Crippen molar-refractivity contribution in [3.8, 4) is 0 Å². The predicted molar refractivity (Wildman–Crippen MR) is 66.7 cm³/mol. The number of thiol groups is 1. The Kier molecular flexibility index (Phi) is 3.59. The summed E-state index contributed by atoms with van der Waals surface area (Å²) in [7, 11) is 0. The summed E-state index contributed by atoms with van der Waals surface area (Å²) in [6.45, 7) is 0.272. The first-order valence-electron chi connectivity index (χ1n) is 5.00. The third-order valence-electron chi connectivity index (χ3n) is 2.53. The number of aromatic nitrogens is 1. The summed E-state index contributed by atoms with van der Waals surface area (Å²) in [6.07, 6.45) is -3.22. The molecule has 2 rings (SSSR count). The molecule has 1 saturated heterocycles. The molecule has 1 fully saturated rings. The van der Waals surface area contributed by atoms with Gasteiger partial charge in [0.2, 0.25) is 5.91 Å². The molecule has 2 heterocycles. The number of alkyl halides is 3. The summed E-state index contributed by atoms with van der Waals surface area (Å²) < 4.78 is 38.0. The Morgan fingerprint density at radius 1 is 1.50 bits per heavy atom. The Labute approximate surface area is 115 Å². The van der Waals surface area contributed by atoms with Gasteiger partial charge in [0.1, 0.15) is 5.82 Å². The van der Waals surface area contributed by atoms with E-state index in [4.69, 9.17) is 0 Å². The Morgan fingerprint density at radius 2 is 2.17 bits per heavy atom. The second-order valence-electron chi connectivity index (χ2n) is 3.88. The summed E-state index contributed by atoms with van der Waals surface area (Å²) in [5.41, 5.74) is -0.845. The third kappa shape index (κ3) is 2.64. The second kappa shape index (κ2) is 4.73. The molecule has 98 valence electrons. The van der Waals surface area contributed by atoms with Gasteiger partial charge in [-0.15, -0.1) is 0 Å². The van der Waals surface area contributed by atoms with Crippen LogP contribution in [0.2, 0.25) is 0 Å². The number of nitrogens with zero attached hydrogens (tertiary/aromatic N) is 2. The number of amides is 1. The van der Waals surface area contributed by atoms with Crippen LogP contribution in [-0.4, -0.2) is 22.7 Å². The molecule has 1 atom stereocenters. The summed E-state index contributed by atoms with van der Waals surface area (Å²) in [5, 5.41) is -0.169. The smallest absolute Gasteiger partial charge is 0.296 e. The second-order valence-corrected chi connectivity index (χ2v) is 5.47. The first-order chi connectivity index (χ1) is 8.29. The van der Waals surface area contributed by atoms with Crippen LogP contribution in [0.1, 0.15) is 12.0 Å². The van der Waals surface area contributed by atoms with Crippen LogP contribution in [-0.2, 0) is 11.0 Å². The lowest BCUT2D eigenvalue weighted by molar-refractivity contribution is -0.138. The maximum atomic E-state index is 12.7. The van der Waals surface area contributed by atoms with Crippen LogP contribution < -0.4 is 4.90 Å². The molecule has 1 unspecified atom stereocenters. The van der Waals surface area contributed by atoms with Crippen molar-refractivity contribution in [1.82, 2.24) is 4.98 Å². The van der Waals surface area contributed by atoms with Crippen molar-refractivity contribution in [2.45, 2.75) is 17.8 Å². The normalized spacial score (nSPS) is 20.6. The number of carbonyl (C=O) groups is 1. The number of hydrogen-bond acceptors (Lipinski definition) is 3. The van der Waals surface area contributed by atoms with Crippen molar-refractivity contribution in [3.05, 3.63) is 22.3 Å². The van der Waals surface area contributed by atoms with Crippen molar-refractivity contribution < 1.29 is 18.0 Å². The highest BCUT2D eigenvalue weighted by Gasteiger charge is 2.36. The van der Waals surface area contributed by atoms with Gasteiger partial charge in [-0.25, -0.2) is 4.98 Å². The minimum atomic E-state index is -4.49. The van der Waals surface area contributed by atoms with Crippen molar-refractivity contribution in [1.29, 1.82) is 0 Å². The van der Waals surface area contributed by atoms with E-state index in [1.165, 1.54) is 4.90 Å². The van der Waals surface area contributed by atoms with Gasteiger partial charge in [-0.2, -0.15) is 25.8 Å². The number of rotatable bonds is 1. The van der Waals surface area contributed by atoms with Crippen molar-refractivity contribution in [2.75, 3.05) is 11.4 Å². The van der Waals surface area contributed by atoms with Crippen LogP contribution >= 0.6 is 28.6 Å². The predicted octanol–water partition coefficient (Wildman–Crippen LogP) is 2.90. The lowest BCUT2D eigenvalue weighted by Crippen LogP contribution is -2.26. The molecule has 0 radical (unpaired) electrons. The molecule has 1 aromatic heterocycles. The standard InChI is InChI=1S/C10H8BrF3N2OS/c11-7-3-15-8(2-6(7)10(12,13)14)16-4-5(18)1-9(16)17/h2-3,5,18H,1,4H2. The van der Waals surface area contributed by atoms with Gasteiger partial charge in [0.25, 0.3) is 0 Å². The van der Waals surface area contributed by atoms with Gasteiger partial charge in [-0.3, -0.25) is 9.69 Å². The van der Waals surface area contributed by atoms with E-state index in [1.807, 2.05) is 0 Å². The van der Waals surface area contributed by atoms with Gasteiger partial charge in [0.15, 0.2) is 0 Å². The van der Waals surface area contributed by atoms with E-state index in [0.29, 0.717) is 0 Å². The van der Waals surface area contributed by atoms with E-state index < -0.39 is 11.7 Å². The van der Waals surface area contributed by atoms with Gasteiger partial charge < -0.3 is 0 Å². The molecule has 0 aliphatic carbocycles. The molecule has 0 saturated carbocycles. The molecule has 0 aromatic carbocycles. The molecule has 1 aliphatic rings. The molecule has 8 heteroatoms. The van der Waals surface area contributed by atoms with Gasteiger partial charge in [-0.05, 0) is 22.0 Å². The molecule has 0 N–H and O–H groups in total. The molecule has 0 spiro atoms. The van der Waals surface area contributed by atoms with Crippen molar-refractivity contribution >= 4 is 40.3 Å². The number of carbonyl (C=O) groups excluding carboxylic acids is 1. The lowest BCUT2D eigenvalue weighted by atomic mass is 10.2. The maximum absolute atomic E-state index is 12.7. The lowest BCUT2D eigenvalue weighted by Gasteiger charge is -2.17. The highest BCUT2D eigenvalue weighted by molar-refractivity contribution is 9.10. The molecular weight excluding hydrogens is 333 g/mol. The molecule has 3 nitrogen and oxygen atoms in total. The average Bonchev–Trinajstić information content (AvgIpc) is 2.57. The quantitative estimate of drug-likeness (QED) is 0.797. The average molecular weight is 341 g/mol. The first kappa shape index (κ1) is 13.7. The van der Waals surface area contributed by atoms with E-state index in [1.54, 1.807) is 0 Å². The van der Waals surface area contributed by atoms with E-state index in [9.17, 15) is 18.0 Å². The third-order valence-corrected chi connectivity index (χ3v) is 3.51. The maximum Gasteiger partial charge on any atom is 0.417 e. The van der Waals surface area contributed by atoms with E-state index in [-0.39, 0.29) is 34.4 Å². The summed E-state index contributed by atoms with van der Waals surface area (Å²) in [4.78, 5) is 16.6. The Bertz CT molecular complexity index is 495. The van der Waals surface area contributed by atoms with E-state index in [2.05, 4.69) is 33.5 Å². The summed E-state index contributed by atoms with van der Waals surface area (Å²) in [6, 6.07) is 0.869. The molecule has 0 bridgehead atoms. The topological polar surface area (TPSA) is 33.2 Å². The Balaban J connectivity index is 2.39. The monoisotopic (exact) mass is 340 g/mol. The fraction of sp³-hybridized carbons (Fsp3) is 0.400. The minimum absolute atomic E-state index is 0.00655. The number of hydrogen-bond donors (Lipinski definition) is 1. The number of halogens is 4. The Morgan fingerprint density at radius 3 is 2.67 bits per heavy atom. The Hall–Kier alpha value is -0.760. The molecule has 1 aliphatic heterocycles.